The summed E-state index contributed by atoms with van der Waals surface area (Å²) in [5, 5.41) is 10.9. The predicted molar refractivity (Wildman–Crippen MR) is 137 cm³/mol. The summed E-state index contributed by atoms with van der Waals surface area (Å²) in [5.41, 5.74) is 3.76. The third-order valence-electron chi connectivity index (χ3n) is 6.27. The number of nitrogens with zero attached hydrogens (tertiary/aromatic N) is 4. The fourth-order valence-electron chi connectivity index (χ4n) is 4.04. The van der Waals surface area contributed by atoms with E-state index in [1.165, 1.54) is 0 Å². The highest BCUT2D eigenvalue weighted by Gasteiger charge is 2.27. The van der Waals surface area contributed by atoms with E-state index in [1.54, 1.807) is 19.9 Å². The summed E-state index contributed by atoms with van der Waals surface area (Å²) < 4.78 is 32.8. The van der Waals surface area contributed by atoms with E-state index in [4.69, 9.17) is 16.3 Å². The lowest BCUT2D eigenvalue weighted by molar-refractivity contribution is 0.118. The van der Waals surface area contributed by atoms with Crippen LogP contribution in [0.4, 0.5) is 20.3 Å². The third-order valence-corrected chi connectivity index (χ3v) is 6.58. The first-order chi connectivity index (χ1) is 16.9. The van der Waals surface area contributed by atoms with Gasteiger partial charge in [-0.25, -0.2) is 13.8 Å². The van der Waals surface area contributed by atoms with E-state index in [0.717, 1.165) is 46.3 Å². The number of rotatable bonds is 6. The van der Waals surface area contributed by atoms with Crippen molar-refractivity contribution < 1.29 is 18.6 Å². The van der Waals surface area contributed by atoms with Gasteiger partial charge in [-0.3, -0.25) is 4.98 Å². The maximum absolute atomic E-state index is 13.9. The summed E-state index contributed by atoms with van der Waals surface area (Å²) in [6, 6.07) is 2.78. The Morgan fingerprint density at radius 3 is 2.47 bits per heavy atom. The quantitative estimate of drug-likeness (QED) is 0.520. The lowest BCUT2D eigenvalue weighted by Crippen LogP contribution is -2.35. The molecule has 6 nitrogen and oxygen atoms in total. The number of pyridine rings is 2. The molecule has 4 heterocycles. The van der Waals surface area contributed by atoms with Gasteiger partial charge in [0.25, 0.3) is 0 Å². The molecular formula is C27H29ClF2N4O2. The van der Waals surface area contributed by atoms with Crippen molar-refractivity contribution in [3.05, 3.63) is 93.4 Å². The van der Waals surface area contributed by atoms with Crippen molar-refractivity contribution in [3.63, 3.8) is 0 Å². The number of allylic oxidation sites excluding steroid dienone is 5. The maximum Gasteiger partial charge on any atom is 0.151 e. The van der Waals surface area contributed by atoms with Crippen molar-refractivity contribution in [2.75, 3.05) is 22.9 Å². The van der Waals surface area contributed by atoms with E-state index in [9.17, 15) is 13.9 Å². The molecule has 2 aromatic heterocycles. The number of aryl methyl sites for hydroxylation is 1. The summed E-state index contributed by atoms with van der Waals surface area (Å²) in [5.74, 6) is -0.341. The van der Waals surface area contributed by atoms with Gasteiger partial charge >= 0.3 is 0 Å². The highest BCUT2D eigenvalue weighted by atomic mass is 35.5. The summed E-state index contributed by atoms with van der Waals surface area (Å²) >= 11 is 6.58. The average Bonchev–Trinajstić information content (AvgIpc) is 2.80. The van der Waals surface area contributed by atoms with Crippen LogP contribution >= 0.6 is 11.6 Å². The average molecular weight is 515 g/mol. The van der Waals surface area contributed by atoms with Gasteiger partial charge in [0.2, 0.25) is 0 Å². The summed E-state index contributed by atoms with van der Waals surface area (Å²) in [4.78, 5) is 12.5. The first-order valence-corrected chi connectivity index (χ1v) is 11.9. The van der Waals surface area contributed by atoms with Crippen molar-refractivity contribution >= 4 is 23.1 Å². The number of aromatic nitrogens is 2. The minimum absolute atomic E-state index is 0.000834. The van der Waals surface area contributed by atoms with E-state index in [1.807, 2.05) is 45.2 Å². The molecule has 0 atom stereocenters. The van der Waals surface area contributed by atoms with Crippen molar-refractivity contribution in [1.29, 1.82) is 0 Å². The molecule has 0 radical (unpaired) electrons. The molecule has 0 saturated carbocycles. The number of ether oxygens (including phenoxy) is 1. The number of aliphatic hydroxyl groups is 1. The van der Waals surface area contributed by atoms with Crippen LogP contribution in [0.1, 0.15) is 39.0 Å². The molecule has 190 valence electrons. The van der Waals surface area contributed by atoms with Gasteiger partial charge in [-0.05, 0) is 51.8 Å². The molecule has 9 heteroatoms. The van der Waals surface area contributed by atoms with Crippen molar-refractivity contribution in [2.24, 2.45) is 0 Å². The molecule has 2 aliphatic heterocycles. The molecule has 0 aromatic carbocycles. The second kappa shape index (κ2) is 10.0. The molecular weight excluding hydrogens is 486 g/mol. The Morgan fingerprint density at radius 1 is 1.03 bits per heavy atom. The number of halogens is 3. The van der Waals surface area contributed by atoms with E-state index in [0.29, 0.717) is 23.9 Å². The largest absolute Gasteiger partial charge is 0.486 e. The minimum Gasteiger partial charge on any atom is -0.486 e. The summed E-state index contributed by atoms with van der Waals surface area (Å²) in [6.07, 6.45) is 8.49. The standard InChI is InChI=1S/C27H29ClF2N4O2/c1-16-11-32-26(34-13-19(27(4,5)35)7-6-17(34)2)10-24(16)33-14-21(28)25(8-18(33)3)36-15-23-22(30)9-20(29)12-31-23/h6-12,35H,13-15H2,1-5H3. The maximum atomic E-state index is 13.9. The Hall–Kier alpha value is -3.23. The molecule has 1 N–H and O–H groups in total. The van der Waals surface area contributed by atoms with Crippen molar-refractivity contribution in [3.8, 4) is 0 Å². The van der Waals surface area contributed by atoms with E-state index in [2.05, 4.69) is 19.8 Å². The second-order valence-electron chi connectivity index (χ2n) is 9.49. The molecule has 0 bridgehead atoms. The van der Waals surface area contributed by atoms with Crippen LogP contribution in [0.15, 0.2) is 70.5 Å². The van der Waals surface area contributed by atoms with Gasteiger partial charge in [-0.2, -0.15) is 0 Å². The summed E-state index contributed by atoms with van der Waals surface area (Å²) in [7, 11) is 0. The van der Waals surface area contributed by atoms with Gasteiger partial charge in [0.15, 0.2) is 5.82 Å². The lowest BCUT2D eigenvalue weighted by atomic mass is 9.95. The normalized spacial score (nSPS) is 16.6. The zero-order chi connectivity index (χ0) is 26.2. The molecule has 2 aliphatic rings. The van der Waals surface area contributed by atoms with Crippen LogP contribution in [0.25, 0.3) is 0 Å². The van der Waals surface area contributed by atoms with Gasteiger partial charge < -0.3 is 19.6 Å². The van der Waals surface area contributed by atoms with E-state index in [-0.39, 0.29) is 12.3 Å². The molecule has 0 spiro atoms. The minimum atomic E-state index is -0.934. The Morgan fingerprint density at radius 2 is 1.78 bits per heavy atom. The predicted octanol–water partition coefficient (Wildman–Crippen LogP) is 5.88. The van der Waals surface area contributed by atoms with Gasteiger partial charge in [-0.15, -0.1) is 0 Å². The fraction of sp³-hybridized carbons (Fsp3) is 0.333. The van der Waals surface area contributed by atoms with Gasteiger partial charge in [-0.1, -0.05) is 17.7 Å². The topological polar surface area (TPSA) is 61.7 Å². The zero-order valence-corrected chi connectivity index (χ0v) is 21.7. The van der Waals surface area contributed by atoms with Crippen LogP contribution in [0.2, 0.25) is 0 Å². The number of hydrogen-bond acceptors (Lipinski definition) is 6. The smallest absolute Gasteiger partial charge is 0.151 e. The van der Waals surface area contributed by atoms with Crippen LogP contribution in [0.5, 0.6) is 0 Å². The van der Waals surface area contributed by atoms with E-state index < -0.39 is 17.2 Å². The molecule has 0 unspecified atom stereocenters. The van der Waals surface area contributed by atoms with Crippen LogP contribution in [0, 0.1) is 18.6 Å². The molecule has 0 amide bonds. The van der Waals surface area contributed by atoms with Crippen LogP contribution in [0.3, 0.4) is 0 Å². The highest BCUT2D eigenvalue weighted by Crippen LogP contribution is 2.35. The van der Waals surface area contributed by atoms with Gasteiger partial charge in [0.05, 0.1) is 23.4 Å². The molecule has 2 aromatic rings. The Kier molecular flexibility index (Phi) is 7.20. The van der Waals surface area contributed by atoms with E-state index >= 15 is 0 Å². The lowest BCUT2D eigenvalue weighted by Gasteiger charge is -2.35. The van der Waals surface area contributed by atoms with Gasteiger partial charge in [0, 0.05) is 48.0 Å². The molecule has 0 saturated heterocycles. The van der Waals surface area contributed by atoms with Crippen molar-refractivity contribution in [1.82, 2.24) is 9.97 Å². The van der Waals surface area contributed by atoms with Crippen LogP contribution in [-0.4, -0.2) is 33.8 Å². The third kappa shape index (κ3) is 5.44. The molecule has 36 heavy (non-hydrogen) atoms. The number of anilines is 2. The molecule has 0 fully saturated rings. The Bertz CT molecular complexity index is 1310. The van der Waals surface area contributed by atoms with Crippen molar-refractivity contribution in [2.45, 2.75) is 46.8 Å². The Labute approximate surface area is 214 Å². The van der Waals surface area contributed by atoms with Crippen LogP contribution in [-0.2, 0) is 11.3 Å². The Balaban J connectivity index is 1.55. The fourth-order valence-corrected chi connectivity index (χ4v) is 4.27. The van der Waals surface area contributed by atoms with Gasteiger partial charge in [0.1, 0.15) is 29.7 Å². The van der Waals surface area contributed by atoms with Crippen LogP contribution < -0.4 is 9.80 Å². The first kappa shape index (κ1) is 25.9. The zero-order valence-electron chi connectivity index (χ0n) is 20.9. The molecule has 4 rings (SSSR count). The monoisotopic (exact) mass is 514 g/mol. The summed E-state index contributed by atoms with van der Waals surface area (Å²) in [6.45, 7) is 10.2. The second-order valence-corrected chi connectivity index (χ2v) is 9.94. The molecule has 0 aliphatic carbocycles. The highest BCUT2D eigenvalue weighted by molar-refractivity contribution is 6.30. The number of hydrogen-bond donors (Lipinski definition) is 1. The first-order valence-electron chi connectivity index (χ1n) is 11.6. The SMILES string of the molecule is CC1=CC=C(C(C)(C)O)CN1c1cc(N2CC(Cl)=C(OCc3ncc(F)cc3F)C=C2C)c(C)cn1.